The molecule has 0 aromatic rings. The molecular weight excluding hydrogens is 256 g/mol. The lowest BCUT2D eigenvalue weighted by Crippen LogP contribution is -2.28. The summed E-state index contributed by atoms with van der Waals surface area (Å²) in [5.74, 6) is 3.08. The summed E-state index contributed by atoms with van der Waals surface area (Å²) in [4.78, 5) is 0. The Labute approximate surface area is 133 Å². The minimum Gasteiger partial charge on any atom is -0.378 e. The van der Waals surface area contributed by atoms with Gasteiger partial charge < -0.3 is 4.74 Å². The SMILES string of the molecule is CCCCCCCO[C@H]1CC[C@H](C2CCC(C)CC2)CC1. The summed E-state index contributed by atoms with van der Waals surface area (Å²) in [7, 11) is 0. The highest BCUT2D eigenvalue weighted by molar-refractivity contribution is 4.81. The standard InChI is InChI=1S/C20H38O/c1-3-4-5-6-7-16-21-20-14-12-19(13-15-20)18-10-8-17(2)9-11-18/h17-20H,3-16H2,1-2H3/t17?,18?,19-,20-. The van der Waals surface area contributed by atoms with Crippen LogP contribution in [0.3, 0.4) is 0 Å². The lowest BCUT2D eigenvalue weighted by atomic mass is 9.71. The Morgan fingerprint density at radius 1 is 0.714 bits per heavy atom. The van der Waals surface area contributed by atoms with E-state index in [4.69, 9.17) is 4.74 Å². The first kappa shape index (κ1) is 17.3. The van der Waals surface area contributed by atoms with Gasteiger partial charge in [-0.2, -0.15) is 0 Å². The van der Waals surface area contributed by atoms with Crippen LogP contribution in [0.2, 0.25) is 0 Å². The molecule has 0 atom stereocenters. The highest BCUT2D eigenvalue weighted by Crippen LogP contribution is 2.40. The topological polar surface area (TPSA) is 9.23 Å². The van der Waals surface area contributed by atoms with E-state index >= 15 is 0 Å². The van der Waals surface area contributed by atoms with Crippen molar-refractivity contribution in [1.82, 2.24) is 0 Å². The molecule has 0 aromatic heterocycles. The highest BCUT2D eigenvalue weighted by Gasteiger charge is 2.30. The lowest BCUT2D eigenvalue weighted by molar-refractivity contribution is 0.00564. The van der Waals surface area contributed by atoms with Gasteiger partial charge in [0.2, 0.25) is 0 Å². The van der Waals surface area contributed by atoms with Crippen LogP contribution < -0.4 is 0 Å². The quantitative estimate of drug-likeness (QED) is 0.473. The third-order valence-corrected chi connectivity index (χ3v) is 6.05. The fraction of sp³-hybridized carbons (Fsp3) is 1.00. The summed E-state index contributed by atoms with van der Waals surface area (Å²) < 4.78 is 6.12. The van der Waals surface area contributed by atoms with Crippen LogP contribution in [0.15, 0.2) is 0 Å². The third kappa shape index (κ3) is 6.30. The van der Waals surface area contributed by atoms with Crippen LogP contribution in [0.4, 0.5) is 0 Å². The smallest absolute Gasteiger partial charge is 0.0575 e. The van der Waals surface area contributed by atoms with E-state index in [1.54, 1.807) is 0 Å². The molecule has 1 nitrogen and oxygen atoms in total. The minimum absolute atomic E-state index is 0.593. The lowest BCUT2D eigenvalue weighted by Gasteiger charge is -2.37. The molecule has 0 heterocycles. The zero-order valence-corrected chi connectivity index (χ0v) is 14.6. The molecule has 1 heteroatoms. The molecule has 0 radical (unpaired) electrons. The zero-order valence-electron chi connectivity index (χ0n) is 14.6. The van der Waals surface area contributed by atoms with Gasteiger partial charge in [0, 0.05) is 6.61 Å². The van der Waals surface area contributed by atoms with E-state index in [1.807, 2.05) is 0 Å². The van der Waals surface area contributed by atoms with Crippen molar-refractivity contribution >= 4 is 0 Å². The second-order valence-electron chi connectivity index (χ2n) is 7.84. The van der Waals surface area contributed by atoms with Gasteiger partial charge in [-0.3, -0.25) is 0 Å². The molecular formula is C20H38O. The van der Waals surface area contributed by atoms with E-state index in [9.17, 15) is 0 Å². The molecule has 2 saturated carbocycles. The molecule has 0 aromatic carbocycles. The number of ether oxygens (including phenoxy) is 1. The molecule has 0 spiro atoms. The Balaban J connectivity index is 1.52. The van der Waals surface area contributed by atoms with Crippen LogP contribution in [-0.4, -0.2) is 12.7 Å². The van der Waals surface area contributed by atoms with Crippen molar-refractivity contribution in [2.45, 2.75) is 103 Å². The Morgan fingerprint density at radius 3 is 1.90 bits per heavy atom. The molecule has 0 saturated heterocycles. The predicted molar refractivity (Wildman–Crippen MR) is 91.6 cm³/mol. The van der Waals surface area contributed by atoms with Crippen LogP contribution in [0.25, 0.3) is 0 Å². The monoisotopic (exact) mass is 294 g/mol. The van der Waals surface area contributed by atoms with Crippen LogP contribution in [0.5, 0.6) is 0 Å². The number of rotatable bonds is 8. The van der Waals surface area contributed by atoms with Gasteiger partial charge in [0.25, 0.3) is 0 Å². The van der Waals surface area contributed by atoms with E-state index in [0.29, 0.717) is 6.10 Å². The van der Waals surface area contributed by atoms with Crippen LogP contribution in [-0.2, 0) is 4.74 Å². The minimum atomic E-state index is 0.593. The molecule has 2 fully saturated rings. The summed E-state index contributed by atoms with van der Waals surface area (Å²) in [6, 6.07) is 0. The second kappa shape index (κ2) is 9.87. The Morgan fingerprint density at radius 2 is 1.29 bits per heavy atom. The molecule has 2 aliphatic carbocycles. The van der Waals surface area contributed by atoms with Gasteiger partial charge in [-0.15, -0.1) is 0 Å². The molecule has 0 bridgehead atoms. The average Bonchev–Trinajstić information content (AvgIpc) is 2.52. The Kier molecular flexibility index (Phi) is 8.14. The molecule has 0 amide bonds. The van der Waals surface area contributed by atoms with Crippen LogP contribution in [0.1, 0.15) is 97.3 Å². The molecule has 0 aliphatic heterocycles. The van der Waals surface area contributed by atoms with E-state index in [0.717, 1.165) is 24.4 Å². The second-order valence-corrected chi connectivity index (χ2v) is 7.84. The molecule has 2 aliphatic rings. The molecule has 0 N–H and O–H groups in total. The first-order valence-electron chi connectivity index (χ1n) is 9.91. The van der Waals surface area contributed by atoms with Crippen molar-refractivity contribution in [2.75, 3.05) is 6.61 Å². The van der Waals surface area contributed by atoms with E-state index in [1.165, 1.54) is 83.5 Å². The number of unbranched alkanes of at least 4 members (excludes halogenated alkanes) is 4. The largest absolute Gasteiger partial charge is 0.378 e. The number of hydrogen-bond acceptors (Lipinski definition) is 1. The van der Waals surface area contributed by atoms with E-state index in [2.05, 4.69) is 13.8 Å². The van der Waals surface area contributed by atoms with Crippen molar-refractivity contribution in [3.8, 4) is 0 Å². The first-order valence-corrected chi connectivity index (χ1v) is 9.91. The maximum atomic E-state index is 6.12. The molecule has 124 valence electrons. The van der Waals surface area contributed by atoms with Gasteiger partial charge >= 0.3 is 0 Å². The summed E-state index contributed by atoms with van der Waals surface area (Å²) in [6.45, 7) is 5.73. The number of hydrogen-bond donors (Lipinski definition) is 0. The average molecular weight is 295 g/mol. The summed E-state index contributed by atoms with van der Waals surface area (Å²) in [5.41, 5.74) is 0. The maximum absolute atomic E-state index is 6.12. The fourth-order valence-corrected chi connectivity index (χ4v) is 4.44. The van der Waals surface area contributed by atoms with Crippen molar-refractivity contribution in [1.29, 1.82) is 0 Å². The van der Waals surface area contributed by atoms with Crippen LogP contribution in [0, 0.1) is 17.8 Å². The van der Waals surface area contributed by atoms with Gasteiger partial charge in [-0.1, -0.05) is 52.4 Å². The van der Waals surface area contributed by atoms with Crippen molar-refractivity contribution < 1.29 is 4.74 Å². The first-order chi connectivity index (χ1) is 10.3. The van der Waals surface area contributed by atoms with Crippen LogP contribution >= 0.6 is 0 Å². The van der Waals surface area contributed by atoms with Gasteiger partial charge in [0.05, 0.1) is 6.10 Å². The maximum Gasteiger partial charge on any atom is 0.0575 e. The third-order valence-electron chi connectivity index (χ3n) is 6.05. The predicted octanol–water partition coefficient (Wildman–Crippen LogP) is 6.36. The van der Waals surface area contributed by atoms with Crippen molar-refractivity contribution in [3.63, 3.8) is 0 Å². The zero-order chi connectivity index (χ0) is 14.9. The Hall–Kier alpha value is -0.0400. The molecule has 2 rings (SSSR count). The summed E-state index contributed by atoms with van der Waals surface area (Å²) in [6.07, 6.45) is 18.9. The molecule has 21 heavy (non-hydrogen) atoms. The fourth-order valence-electron chi connectivity index (χ4n) is 4.44. The highest BCUT2D eigenvalue weighted by atomic mass is 16.5. The van der Waals surface area contributed by atoms with Gasteiger partial charge in [-0.25, -0.2) is 0 Å². The van der Waals surface area contributed by atoms with E-state index in [-0.39, 0.29) is 0 Å². The van der Waals surface area contributed by atoms with Gasteiger partial charge in [0.15, 0.2) is 0 Å². The summed E-state index contributed by atoms with van der Waals surface area (Å²) in [5, 5.41) is 0. The van der Waals surface area contributed by atoms with Gasteiger partial charge in [0.1, 0.15) is 0 Å². The molecule has 0 unspecified atom stereocenters. The Bertz CT molecular complexity index is 247. The summed E-state index contributed by atoms with van der Waals surface area (Å²) >= 11 is 0. The van der Waals surface area contributed by atoms with Crippen molar-refractivity contribution in [2.24, 2.45) is 17.8 Å². The van der Waals surface area contributed by atoms with E-state index < -0.39 is 0 Å². The van der Waals surface area contributed by atoms with Crippen molar-refractivity contribution in [3.05, 3.63) is 0 Å². The van der Waals surface area contributed by atoms with Gasteiger partial charge in [-0.05, 0) is 62.7 Å². The normalized spacial score (nSPS) is 34.0.